The standard InChI is InChI=1S/C29H38ClFN4O4/c1-16-7-5-8-21(17(16)2)33-27(37)25-29-12-11-22(39-29)23(24(29)28(38)35(25)14-6-13-34(3)4)26(36)32-18-9-10-20(31)19(30)15-18/h9-12,15-17,21-25H,5-8,13-14H2,1-4H3,(H,32,36)(H,33,37)/t16?,17?,21?,22-,23?,24-,25?,29?/m1/s1. The van der Waals surface area contributed by atoms with Crippen LogP contribution < -0.4 is 10.6 Å². The van der Waals surface area contributed by atoms with Gasteiger partial charge in [0.25, 0.3) is 0 Å². The van der Waals surface area contributed by atoms with Gasteiger partial charge in [0, 0.05) is 18.3 Å². The minimum atomic E-state index is -1.21. The number of carbonyl (C=O) groups excluding carboxylic acids is 3. The Kier molecular flexibility index (Phi) is 7.79. The number of ether oxygens (including phenoxy) is 1. The maximum Gasteiger partial charge on any atom is 0.246 e. The van der Waals surface area contributed by atoms with E-state index in [9.17, 15) is 18.8 Å². The molecule has 3 amide bonds. The molecule has 2 N–H and O–H groups in total. The number of nitrogens with one attached hydrogen (secondary N) is 2. The number of fused-ring (bicyclic) bond motifs is 1. The second-order valence-electron chi connectivity index (χ2n) is 11.9. The number of rotatable bonds is 8. The number of hydrogen-bond acceptors (Lipinski definition) is 5. The molecule has 10 heteroatoms. The van der Waals surface area contributed by atoms with Crippen LogP contribution in [0.3, 0.4) is 0 Å². The maximum atomic E-state index is 14.0. The zero-order valence-corrected chi connectivity index (χ0v) is 23.7. The van der Waals surface area contributed by atoms with Crippen molar-refractivity contribution in [3.63, 3.8) is 0 Å². The monoisotopic (exact) mass is 560 g/mol. The SMILES string of the molecule is CC1CCCC(NC(=O)C2N(CCCN(C)C)C(=O)[C@H]3C(C(=O)Nc4ccc(F)c(Cl)c4)[C@H]4C=CC23O4)C1C. The highest BCUT2D eigenvalue weighted by molar-refractivity contribution is 6.31. The lowest BCUT2D eigenvalue weighted by Crippen LogP contribution is -2.58. The number of anilines is 1. The molecule has 3 aliphatic heterocycles. The molecule has 0 aromatic heterocycles. The van der Waals surface area contributed by atoms with Crippen molar-refractivity contribution in [3.05, 3.63) is 41.2 Å². The van der Waals surface area contributed by atoms with Crippen molar-refractivity contribution in [1.82, 2.24) is 15.1 Å². The molecule has 39 heavy (non-hydrogen) atoms. The lowest BCUT2D eigenvalue weighted by molar-refractivity contribution is -0.141. The average Bonchev–Trinajstić information content (AvgIpc) is 3.51. The molecule has 1 saturated carbocycles. The summed E-state index contributed by atoms with van der Waals surface area (Å²) >= 11 is 5.90. The molecule has 5 rings (SSSR count). The molecular weight excluding hydrogens is 523 g/mol. The Morgan fingerprint density at radius 3 is 2.72 bits per heavy atom. The third kappa shape index (κ3) is 4.98. The molecule has 1 spiro atoms. The molecule has 3 heterocycles. The van der Waals surface area contributed by atoms with E-state index in [1.165, 1.54) is 18.2 Å². The summed E-state index contributed by atoms with van der Waals surface area (Å²) in [5.41, 5.74) is -0.884. The quantitative estimate of drug-likeness (QED) is 0.475. The number of likely N-dealkylation sites (tertiary alicyclic amines) is 1. The van der Waals surface area contributed by atoms with Gasteiger partial charge in [-0.25, -0.2) is 4.39 Å². The van der Waals surface area contributed by atoms with Crippen molar-refractivity contribution in [3.8, 4) is 0 Å². The molecule has 1 aromatic rings. The van der Waals surface area contributed by atoms with Gasteiger partial charge in [-0.2, -0.15) is 0 Å². The van der Waals surface area contributed by atoms with Gasteiger partial charge in [0.15, 0.2) is 0 Å². The Labute approximate surface area is 234 Å². The van der Waals surface area contributed by atoms with Crippen LogP contribution in [0.15, 0.2) is 30.4 Å². The second-order valence-corrected chi connectivity index (χ2v) is 12.3. The Morgan fingerprint density at radius 1 is 1.23 bits per heavy atom. The summed E-state index contributed by atoms with van der Waals surface area (Å²) in [6.45, 7) is 5.52. The van der Waals surface area contributed by atoms with E-state index in [2.05, 4.69) is 24.5 Å². The zero-order chi connectivity index (χ0) is 28.1. The fourth-order valence-corrected chi connectivity index (χ4v) is 7.09. The third-order valence-corrected chi connectivity index (χ3v) is 9.44. The Morgan fingerprint density at radius 2 is 2.00 bits per heavy atom. The molecule has 8 atom stereocenters. The van der Waals surface area contributed by atoms with Crippen molar-refractivity contribution >= 4 is 35.0 Å². The first-order valence-corrected chi connectivity index (χ1v) is 14.3. The highest BCUT2D eigenvalue weighted by Crippen LogP contribution is 2.55. The molecule has 6 unspecified atom stereocenters. The van der Waals surface area contributed by atoms with Crippen molar-refractivity contribution in [2.45, 2.75) is 63.3 Å². The smallest absolute Gasteiger partial charge is 0.246 e. The van der Waals surface area contributed by atoms with Gasteiger partial charge < -0.3 is 25.2 Å². The molecule has 2 saturated heterocycles. The van der Waals surface area contributed by atoms with E-state index in [1.54, 1.807) is 11.0 Å². The maximum absolute atomic E-state index is 14.0. The van der Waals surface area contributed by atoms with E-state index in [4.69, 9.17) is 16.3 Å². The van der Waals surface area contributed by atoms with Crippen molar-refractivity contribution < 1.29 is 23.5 Å². The van der Waals surface area contributed by atoms with E-state index in [1.807, 2.05) is 25.1 Å². The Bertz CT molecular complexity index is 1180. The third-order valence-electron chi connectivity index (χ3n) is 9.15. The number of nitrogens with zero attached hydrogens (tertiary/aromatic N) is 2. The highest BCUT2D eigenvalue weighted by atomic mass is 35.5. The lowest BCUT2D eigenvalue weighted by atomic mass is 9.73. The van der Waals surface area contributed by atoms with Gasteiger partial charge in [0.1, 0.15) is 17.5 Å². The average molecular weight is 561 g/mol. The number of amides is 3. The van der Waals surface area contributed by atoms with E-state index in [-0.39, 0.29) is 22.9 Å². The summed E-state index contributed by atoms with van der Waals surface area (Å²) in [5.74, 6) is -2.31. The first kappa shape index (κ1) is 28.1. The van der Waals surface area contributed by atoms with E-state index in [0.29, 0.717) is 30.5 Å². The van der Waals surface area contributed by atoms with Gasteiger partial charge in [-0.05, 0) is 63.5 Å². The predicted molar refractivity (Wildman–Crippen MR) is 147 cm³/mol. The summed E-state index contributed by atoms with van der Waals surface area (Å²) in [5, 5.41) is 5.94. The van der Waals surface area contributed by atoms with Crippen LogP contribution in [0, 0.1) is 29.5 Å². The predicted octanol–water partition coefficient (Wildman–Crippen LogP) is 3.46. The van der Waals surface area contributed by atoms with Crippen LogP contribution in [-0.2, 0) is 19.1 Å². The summed E-state index contributed by atoms with van der Waals surface area (Å²) < 4.78 is 20.1. The van der Waals surface area contributed by atoms with Gasteiger partial charge in [0.2, 0.25) is 17.7 Å². The van der Waals surface area contributed by atoms with Gasteiger partial charge in [-0.15, -0.1) is 0 Å². The van der Waals surface area contributed by atoms with Crippen LogP contribution in [0.5, 0.6) is 0 Å². The fourth-order valence-electron chi connectivity index (χ4n) is 6.91. The Hall–Kier alpha value is -2.49. The van der Waals surface area contributed by atoms with Crippen LogP contribution in [0.2, 0.25) is 5.02 Å². The van der Waals surface area contributed by atoms with Gasteiger partial charge in [0.05, 0.1) is 23.0 Å². The van der Waals surface area contributed by atoms with E-state index < -0.39 is 41.3 Å². The van der Waals surface area contributed by atoms with Crippen molar-refractivity contribution in [1.29, 1.82) is 0 Å². The van der Waals surface area contributed by atoms with Crippen molar-refractivity contribution in [2.75, 3.05) is 32.5 Å². The molecule has 8 nitrogen and oxygen atoms in total. The minimum absolute atomic E-state index is 0.0281. The zero-order valence-electron chi connectivity index (χ0n) is 23.0. The van der Waals surface area contributed by atoms with Gasteiger partial charge in [-0.3, -0.25) is 14.4 Å². The van der Waals surface area contributed by atoms with Crippen LogP contribution in [-0.4, -0.2) is 78.5 Å². The molecule has 4 aliphatic rings. The molecule has 2 bridgehead atoms. The van der Waals surface area contributed by atoms with E-state index >= 15 is 0 Å². The van der Waals surface area contributed by atoms with Gasteiger partial charge in [-0.1, -0.05) is 50.4 Å². The number of halogens is 2. The summed E-state index contributed by atoms with van der Waals surface area (Å²) in [6.07, 6.45) is 6.75. The topological polar surface area (TPSA) is 91.0 Å². The fraction of sp³-hybridized carbons (Fsp3) is 0.621. The molecule has 1 aromatic carbocycles. The molecular formula is C29H38ClFN4O4. The molecule has 3 fully saturated rings. The van der Waals surface area contributed by atoms with Crippen molar-refractivity contribution in [2.24, 2.45) is 23.7 Å². The summed E-state index contributed by atoms with van der Waals surface area (Å²) in [7, 11) is 3.93. The molecule has 212 valence electrons. The number of carbonyl (C=O) groups is 3. The molecule has 0 radical (unpaired) electrons. The summed E-state index contributed by atoms with van der Waals surface area (Å²) in [4.78, 5) is 45.2. The second kappa shape index (κ2) is 10.8. The number of hydrogen-bond donors (Lipinski definition) is 2. The van der Waals surface area contributed by atoms with Crippen LogP contribution in [0.25, 0.3) is 0 Å². The minimum Gasteiger partial charge on any atom is -0.359 e. The van der Waals surface area contributed by atoms with E-state index in [0.717, 1.165) is 25.8 Å². The van der Waals surface area contributed by atoms with Crippen LogP contribution >= 0.6 is 11.6 Å². The first-order chi connectivity index (χ1) is 18.5. The van der Waals surface area contributed by atoms with Crippen LogP contribution in [0.1, 0.15) is 39.5 Å². The normalized spacial score (nSPS) is 35.0. The van der Waals surface area contributed by atoms with Crippen LogP contribution in [0.4, 0.5) is 10.1 Å². The highest BCUT2D eigenvalue weighted by Gasteiger charge is 2.72. The first-order valence-electron chi connectivity index (χ1n) is 13.9. The number of benzene rings is 1. The van der Waals surface area contributed by atoms with Gasteiger partial charge >= 0.3 is 0 Å². The summed E-state index contributed by atoms with van der Waals surface area (Å²) in [6, 6.07) is 3.10. The Balaban J connectivity index is 1.42. The lowest BCUT2D eigenvalue weighted by Gasteiger charge is -2.38. The molecule has 1 aliphatic carbocycles. The largest absolute Gasteiger partial charge is 0.359 e.